The largest absolute Gasteiger partial charge is 0.306 e. The molecule has 0 amide bonds. The molecule has 0 N–H and O–H groups in total. The number of hydrogen-bond donors (Lipinski definition) is 0. The molecule has 3 aliphatic heterocycles. The summed E-state index contributed by atoms with van der Waals surface area (Å²) in [7, 11) is 0. The van der Waals surface area contributed by atoms with E-state index in [1.54, 1.807) is 12.1 Å². The number of nitrogens with zero attached hydrogens (tertiary/aromatic N) is 4. The highest BCUT2D eigenvalue weighted by Gasteiger charge is 2.44. The summed E-state index contributed by atoms with van der Waals surface area (Å²) in [6.45, 7) is 4.42. The summed E-state index contributed by atoms with van der Waals surface area (Å²) in [5, 5.41) is 0. The summed E-state index contributed by atoms with van der Waals surface area (Å²) >= 11 is 0. The number of piperidine rings is 2. The highest BCUT2D eigenvalue weighted by Crippen LogP contribution is 2.34. The number of rotatable bonds is 4. The van der Waals surface area contributed by atoms with Gasteiger partial charge in [0.15, 0.2) is 0 Å². The van der Waals surface area contributed by atoms with E-state index in [-0.39, 0.29) is 18.1 Å². The van der Waals surface area contributed by atoms with Gasteiger partial charge in [-0.1, -0.05) is 43.2 Å². The molecule has 4 nitrogen and oxygen atoms in total. The van der Waals surface area contributed by atoms with Crippen molar-refractivity contribution in [1.82, 2.24) is 9.80 Å². The predicted molar refractivity (Wildman–Crippen MR) is 120 cm³/mol. The fourth-order valence-corrected chi connectivity index (χ4v) is 5.18. The van der Waals surface area contributed by atoms with Crippen molar-refractivity contribution in [3.63, 3.8) is 0 Å². The average Bonchev–Trinajstić information content (AvgIpc) is 3.22. The molecule has 0 unspecified atom stereocenters. The summed E-state index contributed by atoms with van der Waals surface area (Å²) in [4.78, 5) is 12.9. The Morgan fingerprint density at radius 1 is 0.700 bits per heavy atom. The minimum absolute atomic E-state index is 0.114. The zero-order chi connectivity index (χ0) is 20.3. The maximum Gasteiger partial charge on any atom is 0.139 e. The molecule has 158 valence electrons. The summed E-state index contributed by atoms with van der Waals surface area (Å²) < 4.78 is 13.7. The van der Waals surface area contributed by atoms with Crippen LogP contribution < -0.4 is 4.90 Å². The molecule has 0 aromatic heterocycles. The van der Waals surface area contributed by atoms with Crippen LogP contribution in [0.2, 0.25) is 0 Å². The third-order valence-corrected chi connectivity index (χ3v) is 6.68. The highest BCUT2D eigenvalue weighted by atomic mass is 19.1. The van der Waals surface area contributed by atoms with Crippen LogP contribution in [0, 0.1) is 5.82 Å². The Labute approximate surface area is 179 Å². The van der Waals surface area contributed by atoms with E-state index in [4.69, 9.17) is 4.99 Å². The van der Waals surface area contributed by atoms with E-state index in [2.05, 4.69) is 39.0 Å². The zero-order valence-electron chi connectivity index (χ0n) is 17.6. The number of halogens is 1. The van der Waals surface area contributed by atoms with Gasteiger partial charge >= 0.3 is 0 Å². The molecular weight excluding hydrogens is 375 g/mol. The highest BCUT2D eigenvalue weighted by molar-refractivity contribution is 6.11. The molecular formula is C25H31FN4. The number of aliphatic imine (C=N–C) groups is 1. The van der Waals surface area contributed by atoms with Gasteiger partial charge in [0.1, 0.15) is 24.0 Å². The normalized spacial score (nSPS) is 26.0. The van der Waals surface area contributed by atoms with Crippen molar-refractivity contribution in [2.24, 2.45) is 4.99 Å². The van der Waals surface area contributed by atoms with Crippen molar-refractivity contribution in [2.75, 3.05) is 31.1 Å². The Bertz CT molecular complexity index is 854. The van der Waals surface area contributed by atoms with Crippen molar-refractivity contribution in [2.45, 2.75) is 50.9 Å². The smallest absolute Gasteiger partial charge is 0.139 e. The fourth-order valence-electron chi connectivity index (χ4n) is 5.18. The van der Waals surface area contributed by atoms with Gasteiger partial charge in [-0.15, -0.1) is 0 Å². The average molecular weight is 407 g/mol. The van der Waals surface area contributed by atoms with Gasteiger partial charge in [0.05, 0.1) is 0 Å². The number of anilines is 1. The van der Waals surface area contributed by atoms with E-state index < -0.39 is 0 Å². The quantitative estimate of drug-likeness (QED) is 0.734. The van der Waals surface area contributed by atoms with Gasteiger partial charge in [-0.25, -0.2) is 9.38 Å². The van der Waals surface area contributed by atoms with E-state index in [0.29, 0.717) is 0 Å². The SMILES string of the molecule is Fc1ccc(N2C(c3ccccc3)=N[C@@H](N3CCCCC3)[C@H]2N2CCCCC2)cc1. The second-order valence-corrected chi connectivity index (χ2v) is 8.69. The first kappa shape index (κ1) is 19.7. The first-order chi connectivity index (χ1) is 14.8. The summed E-state index contributed by atoms with van der Waals surface area (Å²) in [5.41, 5.74) is 2.15. The molecule has 5 heteroatoms. The maximum atomic E-state index is 13.7. The molecule has 2 aromatic carbocycles. The molecule has 0 bridgehead atoms. The monoisotopic (exact) mass is 406 g/mol. The number of hydrogen-bond acceptors (Lipinski definition) is 4. The minimum atomic E-state index is -0.196. The molecule has 2 saturated heterocycles. The van der Waals surface area contributed by atoms with Gasteiger partial charge < -0.3 is 4.90 Å². The molecule has 2 aromatic rings. The minimum Gasteiger partial charge on any atom is -0.306 e. The van der Waals surface area contributed by atoms with Crippen LogP contribution in [0.4, 0.5) is 10.1 Å². The third-order valence-electron chi connectivity index (χ3n) is 6.68. The van der Waals surface area contributed by atoms with Gasteiger partial charge in [0, 0.05) is 37.4 Å². The third kappa shape index (κ3) is 3.88. The lowest BCUT2D eigenvalue weighted by atomic mass is 10.1. The zero-order valence-corrected chi connectivity index (χ0v) is 17.6. The van der Waals surface area contributed by atoms with Crippen LogP contribution in [0.3, 0.4) is 0 Å². The molecule has 0 saturated carbocycles. The number of amidine groups is 1. The molecule has 2 atom stereocenters. The molecule has 3 aliphatic rings. The lowest BCUT2D eigenvalue weighted by Crippen LogP contribution is -2.58. The van der Waals surface area contributed by atoms with Crippen LogP contribution in [0.1, 0.15) is 44.1 Å². The lowest BCUT2D eigenvalue weighted by molar-refractivity contribution is 0.0696. The molecule has 2 fully saturated rings. The van der Waals surface area contributed by atoms with Gasteiger partial charge in [0.2, 0.25) is 0 Å². The summed E-state index contributed by atoms with van der Waals surface area (Å²) in [6.07, 6.45) is 7.86. The van der Waals surface area contributed by atoms with Crippen molar-refractivity contribution in [3.05, 3.63) is 66.0 Å². The van der Waals surface area contributed by atoms with Crippen LogP contribution in [0.5, 0.6) is 0 Å². The van der Waals surface area contributed by atoms with Crippen molar-refractivity contribution >= 4 is 11.5 Å². The van der Waals surface area contributed by atoms with Crippen molar-refractivity contribution < 1.29 is 4.39 Å². The van der Waals surface area contributed by atoms with Crippen LogP contribution in [-0.4, -0.2) is 54.1 Å². The standard InChI is InChI=1S/C25H31FN4/c26-21-12-14-22(15-13-21)30-23(20-10-4-1-5-11-20)27-24(28-16-6-2-7-17-28)25(30)29-18-8-3-9-19-29/h1,4-5,10-15,24-25H,2-3,6-9,16-19H2/t24-,25-/m0/s1. The summed E-state index contributed by atoms with van der Waals surface area (Å²) in [5.74, 6) is 0.812. The molecule has 3 heterocycles. The molecule has 0 radical (unpaired) electrons. The van der Waals surface area contributed by atoms with Gasteiger partial charge in [-0.3, -0.25) is 9.80 Å². The Balaban J connectivity index is 1.59. The van der Waals surface area contributed by atoms with Crippen molar-refractivity contribution in [1.29, 1.82) is 0 Å². The Morgan fingerprint density at radius 3 is 1.93 bits per heavy atom. The first-order valence-corrected chi connectivity index (χ1v) is 11.5. The van der Waals surface area contributed by atoms with E-state index >= 15 is 0 Å². The van der Waals surface area contributed by atoms with Gasteiger partial charge in [-0.05, 0) is 49.9 Å². The molecule has 0 spiro atoms. The fraction of sp³-hybridized carbons (Fsp3) is 0.480. The Kier molecular flexibility index (Phi) is 5.82. The first-order valence-electron chi connectivity index (χ1n) is 11.5. The lowest BCUT2D eigenvalue weighted by Gasteiger charge is -2.44. The van der Waals surface area contributed by atoms with Crippen LogP contribution in [0.25, 0.3) is 0 Å². The summed E-state index contributed by atoms with van der Waals surface area (Å²) in [6, 6.07) is 17.4. The number of likely N-dealkylation sites (tertiary alicyclic amines) is 2. The van der Waals surface area contributed by atoms with E-state index in [1.165, 1.54) is 38.5 Å². The van der Waals surface area contributed by atoms with Gasteiger partial charge in [0.25, 0.3) is 0 Å². The number of benzene rings is 2. The van der Waals surface area contributed by atoms with E-state index in [0.717, 1.165) is 43.3 Å². The van der Waals surface area contributed by atoms with Crippen LogP contribution in [-0.2, 0) is 0 Å². The van der Waals surface area contributed by atoms with E-state index in [1.807, 2.05) is 18.2 Å². The van der Waals surface area contributed by atoms with Crippen molar-refractivity contribution in [3.8, 4) is 0 Å². The molecule has 0 aliphatic carbocycles. The Hall–Kier alpha value is -2.24. The second kappa shape index (κ2) is 8.86. The second-order valence-electron chi connectivity index (χ2n) is 8.69. The van der Waals surface area contributed by atoms with Crippen LogP contribution >= 0.6 is 0 Å². The maximum absolute atomic E-state index is 13.7. The topological polar surface area (TPSA) is 22.1 Å². The predicted octanol–water partition coefficient (Wildman–Crippen LogP) is 4.72. The van der Waals surface area contributed by atoms with E-state index in [9.17, 15) is 4.39 Å². The Morgan fingerprint density at radius 2 is 1.30 bits per heavy atom. The molecule has 5 rings (SSSR count). The van der Waals surface area contributed by atoms with Crippen LogP contribution in [0.15, 0.2) is 59.6 Å². The molecule has 30 heavy (non-hydrogen) atoms. The van der Waals surface area contributed by atoms with Gasteiger partial charge in [-0.2, -0.15) is 0 Å².